The minimum atomic E-state index is 0.469. The van der Waals surface area contributed by atoms with E-state index in [-0.39, 0.29) is 0 Å². The Hall–Kier alpha value is -2.44. The highest BCUT2D eigenvalue weighted by molar-refractivity contribution is 5.42. The van der Waals surface area contributed by atoms with Crippen molar-refractivity contribution in [2.24, 2.45) is 0 Å². The van der Waals surface area contributed by atoms with Gasteiger partial charge in [-0.25, -0.2) is 9.97 Å². The zero-order valence-electron chi connectivity index (χ0n) is 13.6. The van der Waals surface area contributed by atoms with Gasteiger partial charge in [0.2, 0.25) is 5.88 Å². The Labute approximate surface area is 136 Å². The third-order valence-electron chi connectivity index (χ3n) is 4.18. The van der Waals surface area contributed by atoms with E-state index in [0.717, 1.165) is 37.6 Å². The molecule has 1 aliphatic heterocycles. The molecule has 23 heavy (non-hydrogen) atoms. The molecule has 1 fully saturated rings. The van der Waals surface area contributed by atoms with Crippen LogP contribution in [0.2, 0.25) is 0 Å². The van der Waals surface area contributed by atoms with Crippen LogP contribution in [0.25, 0.3) is 0 Å². The lowest BCUT2D eigenvalue weighted by Crippen LogP contribution is -2.44. The fourth-order valence-electron chi connectivity index (χ4n) is 2.88. The van der Waals surface area contributed by atoms with Gasteiger partial charge in [0.1, 0.15) is 12.1 Å². The van der Waals surface area contributed by atoms with Gasteiger partial charge in [0, 0.05) is 38.4 Å². The minimum Gasteiger partial charge on any atom is -0.478 e. The lowest BCUT2D eigenvalue weighted by Gasteiger charge is -2.37. The van der Waals surface area contributed by atoms with E-state index >= 15 is 0 Å². The molecule has 3 rings (SSSR count). The Balaban J connectivity index is 1.61. The third-order valence-corrected chi connectivity index (χ3v) is 4.18. The fraction of sp³-hybridized carbons (Fsp3) is 0.500. The molecule has 2 aromatic rings. The molecule has 122 valence electrons. The summed E-state index contributed by atoms with van der Waals surface area (Å²) in [6, 6.07) is 6.30. The molecule has 0 aliphatic carbocycles. The van der Waals surface area contributed by atoms with Crippen LogP contribution in [-0.2, 0) is 0 Å². The summed E-state index contributed by atoms with van der Waals surface area (Å²) in [5.74, 6) is 2.49. The lowest BCUT2D eigenvalue weighted by atomic mass is 10.0. The summed E-state index contributed by atoms with van der Waals surface area (Å²) in [7, 11) is 2.09. The number of aromatic nitrogens is 4. The molecule has 0 amide bonds. The standard InChI is InChI=1S/C16H22N6O/c1-3-23-16-11-15(17-12-18-16)22-9-6-13(7-10-22)21(2)14-5-4-8-19-20-14/h4-5,8,11-13H,3,6-7,9-10H2,1-2H3. The Morgan fingerprint density at radius 3 is 2.83 bits per heavy atom. The molecule has 0 saturated carbocycles. The van der Waals surface area contributed by atoms with Crippen LogP contribution in [0.15, 0.2) is 30.7 Å². The summed E-state index contributed by atoms with van der Waals surface area (Å²) in [4.78, 5) is 13.0. The van der Waals surface area contributed by atoms with Gasteiger partial charge in [-0.05, 0) is 31.9 Å². The summed E-state index contributed by atoms with van der Waals surface area (Å²) in [6.45, 7) is 4.48. The van der Waals surface area contributed by atoms with Crippen LogP contribution < -0.4 is 14.5 Å². The second-order valence-electron chi connectivity index (χ2n) is 5.56. The Morgan fingerprint density at radius 1 is 1.30 bits per heavy atom. The second-order valence-corrected chi connectivity index (χ2v) is 5.56. The molecular weight excluding hydrogens is 292 g/mol. The van der Waals surface area contributed by atoms with Crippen molar-refractivity contribution in [3.8, 4) is 5.88 Å². The molecule has 0 N–H and O–H groups in total. The lowest BCUT2D eigenvalue weighted by molar-refractivity contribution is 0.326. The highest BCUT2D eigenvalue weighted by Crippen LogP contribution is 2.24. The quantitative estimate of drug-likeness (QED) is 0.833. The maximum absolute atomic E-state index is 5.45. The Morgan fingerprint density at radius 2 is 2.13 bits per heavy atom. The molecule has 0 aromatic carbocycles. The van der Waals surface area contributed by atoms with E-state index in [9.17, 15) is 0 Å². The number of nitrogens with zero attached hydrogens (tertiary/aromatic N) is 6. The summed E-state index contributed by atoms with van der Waals surface area (Å²) in [5, 5.41) is 8.15. The molecule has 0 spiro atoms. The van der Waals surface area contributed by atoms with Crippen molar-refractivity contribution in [1.82, 2.24) is 20.2 Å². The van der Waals surface area contributed by atoms with E-state index < -0.39 is 0 Å². The topological polar surface area (TPSA) is 67.3 Å². The first kappa shape index (κ1) is 15.5. The average molecular weight is 314 g/mol. The molecule has 3 heterocycles. The number of rotatable bonds is 5. The van der Waals surface area contributed by atoms with Crippen molar-refractivity contribution in [2.75, 3.05) is 36.5 Å². The van der Waals surface area contributed by atoms with E-state index in [1.54, 1.807) is 12.5 Å². The molecule has 7 heteroatoms. The molecule has 0 unspecified atom stereocenters. The molecule has 7 nitrogen and oxygen atoms in total. The van der Waals surface area contributed by atoms with Gasteiger partial charge in [-0.1, -0.05) is 0 Å². The van der Waals surface area contributed by atoms with Crippen LogP contribution >= 0.6 is 0 Å². The van der Waals surface area contributed by atoms with Crippen LogP contribution in [0.1, 0.15) is 19.8 Å². The Bertz CT molecular complexity index is 615. The first-order valence-corrected chi connectivity index (χ1v) is 7.98. The number of anilines is 2. The maximum atomic E-state index is 5.45. The van der Waals surface area contributed by atoms with Crippen LogP contribution in [0.3, 0.4) is 0 Å². The molecule has 0 atom stereocenters. The summed E-state index contributed by atoms with van der Waals surface area (Å²) < 4.78 is 5.45. The van der Waals surface area contributed by atoms with E-state index in [4.69, 9.17) is 4.74 Å². The Kier molecular flexibility index (Phi) is 4.85. The van der Waals surface area contributed by atoms with Gasteiger partial charge in [-0.3, -0.25) is 0 Å². The number of hydrogen-bond acceptors (Lipinski definition) is 7. The van der Waals surface area contributed by atoms with Crippen LogP contribution in [-0.4, -0.2) is 53.0 Å². The van der Waals surface area contributed by atoms with Crippen molar-refractivity contribution in [3.63, 3.8) is 0 Å². The summed E-state index contributed by atoms with van der Waals surface area (Å²) in [6.07, 6.45) is 5.38. The van der Waals surface area contributed by atoms with Crippen molar-refractivity contribution in [2.45, 2.75) is 25.8 Å². The number of ether oxygens (including phenoxy) is 1. The smallest absolute Gasteiger partial charge is 0.218 e. The summed E-state index contributed by atoms with van der Waals surface area (Å²) >= 11 is 0. The molecule has 0 radical (unpaired) electrons. The van der Waals surface area contributed by atoms with Gasteiger partial charge in [0.15, 0.2) is 5.82 Å². The van der Waals surface area contributed by atoms with Gasteiger partial charge in [0.05, 0.1) is 6.61 Å². The maximum Gasteiger partial charge on any atom is 0.218 e. The van der Waals surface area contributed by atoms with Crippen molar-refractivity contribution < 1.29 is 4.74 Å². The first-order chi connectivity index (χ1) is 11.3. The van der Waals surface area contributed by atoms with E-state index in [0.29, 0.717) is 18.5 Å². The monoisotopic (exact) mass is 314 g/mol. The highest BCUT2D eigenvalue weighted by atomic mass is 16.5. The summed E-state index contributed by atoms with van der Waals surface area (Å²) in [5.41, 5.74) is 0. The molecule has 2 aromatic heterocycles. The molecule has 1 aliphatic rings. The van der Waals surface area contributed by atoms with Gasteiger partial charge < -0.3 is 14.5 Å². The van der Waals surface area contributed by atoms with Gasteiger partial charge in [-0.15, -0.1) is 5.10 Å². The van der Waals surface area contributed by atoms with E-state index in [1.807, 2.05) is 25.1 Å². The van der Waals surface area contributed by atoms with Gasteiger partial charge >= 0.3 is 0 Å². The van der Waals surface area contributed by atoms with E-state index in [2.05, 4.69) is 37.0 Å². The second kappa shape index (κ2) is 7.21. The van der Waals surface area contributed by atoms with Gasteiger partial charge in [-0.2, -0.15) is 5.10 Å². The molecule has 0 bridgehead atoms. The largest absolute Gasteiger partial charge is 0.478 e. The number of hydrogen-bond donors (Lipinski definition) is 0. The van der Waals surface area contributed by atoms with E-state index in [1.165, 1.54) is 0 Å². The molecule has 1 saturated heterocycles. The first-order valence-electron chi connectivity index (χ1n) is 7.98. The van der Waals surface area contributed by atoms with Crippen LogP contribution in [0.5, 0.6) is 5.88 Å². The average Bonchev–Trinajstić information content (AvgIpc) is 2.62. The van der Waals surface area contributed by atoms with Crippen LogP contribution in [0, 0.1) is 0 Å². The van der Waals surface area contributed by atoms with Crippen molar-refractivity contribution >= 4 is 11.6 Å². The SMILES string of the molecule is CCOc1cc(N2CCC(N(C)c3cccnn3)CC2)ncn1. The predicted molar refractivity (Wildman–Crippen MR) is 88.9 cm³/mol. The minimum absolute atomic E-state index is 0.469. The van der Waals surface area contributed by atoms with Crippen molar-refractivity contribution in [3.05, 3.63) is 30.7 Å². The van der Waals surface area contributed by atoms with Crippen molar-refractivity contribution in [1.29, 1.82) is 0 Å². The third kappa shape index (κ3) is 3.67. The molecular formula is C16H22N6O. The predicted octanol–water partition coefficient (Wildman–Crippen LogP) is 1.77. The van der Waals surface area contributed by atoms with Gasteiger partial charge in [0.25, 0.3) is 0 Å². The zero-order valence-corrected chi connectivity index (χ0v) is 13.6. The highest BCUT2D eigenvalue weighted by Gasteiger charge is 2.24. The zero-order chi connectivity index (χ0) is 16.1. The number of piperidine rings is 1. The van der Waals surface area contributed by atoms with Crippen LogP contribution in [0.4, 0.5) is 11.6 Å². The normalized spacial score (nSPS) is 15.5. The fourth-order valence-corrected chi connectivity index (χ4v) is 2.88.